The van der Waals surface area contributed by atoms with Crippen molar-refractivity contribution < 1.29 is 0 Å². The van der Waals surface area contributed by atoms with Crippen LogP contribution in [0.3, 0.4) is 0 Å². The van der Waals surface area contributed by atoms with Crippen LogP contribution in [0.1, 0.15) is 33.9 Å². The molecule has 0 spiro atoms. The van der Waals surface area contributed by atoms with Crippen LogP contribution in [-0.4, -0.2) is 69.0 Å². The predicted molar refractivity (Wildman–Crippen MR) is 209 cm³/mol. The van der Waals surface area contributed by atoms with Gasteiger partial charge in [0.15, 0.2) is 0 Å². The van der Waals surface area contributed by atoms with Gasteiger partial charge in [-0.1, -0.05) is 48.5 Å². The minimum atomic E-state index is 0.853. The Morgan fingerprint density at radius 3 is 0.885 bits per heavy atom. The van der Waals surface area contributed by atoms with Gasteiger partial charge in [-0.05, 0) is 96.8 Å². The van der Waals surface area contributed by atoms with Crippen LogP contribution < -0.4 is 0 Å². The molecule has 4 aromatic heterocycles. The quantitative estimate of drug-likeness (QED) is 0.0751. The number of hydrogen-bond donors (Lipinski definition) is 0. The van der Waals surface area contributed by atoms with Gasteiger partial charge in [-0.15, -0.1) is 0 Å². The van der Waals surface area contributed by atoms with Crippen LogP contribution in [0, 0.1) is 0 Å². The lowest BCUT2D eigenvalue weighted by Crippen LogP contribution is -2.31. The van der Waals surface area contributed by atoms with Crippen molar-refractivity contribution in [2.75, 3.05) is 39.3 Å². The monoisotopic (exact) mass is 688 g/mol. The van der Waals surface area contributed by atoms with Crippen LogP contribution >= 0.6 is 0 Å². The van der Waals surface area contributed by atoms with Crippen molar-refractivity contribution in [3.63, 3.8) is 0 Å². The molecule has 0 aliphatic heterocycles. The van der Waals surface area contributed by atoms with Crippen LogP contribution in [0.25, 0.3) is 0 Å². The van der Waals surface area contributed by atoms with E-state index >= 15 is 0 Å². The molecule has 0 atom stereocenters. The molecule has 52 heavy (non-hydrogen) atoms. The number of benzene rings is 2. The maximum absolute atomic E-state index is 4.53. The molecule has 0 saturated carbocycles. The Hall–Kier alpha value is -5.44. The number of hydrogen-bond acceptors (Lipinski definition) is 8. The third-order valence-electron chi connectivity index (χ3n) is 9.23. The lowest BCUT2D eigenvalue weighted by Gasteiger charge is -2.22. The Bertz CT molecular complexity index is 1640. The highest BCUT2D eigenvalue weighted by molar-refractivity contribution is 5.42. The molecule has 0 bridgehead atoms. The highest BCUT2D eigenvalue weighted by Crippen LogP contribution is 2.20. The first-order chi connectivity index (χ1) is 25.7. The highest BCUT2D eigenvalue weighted by Gasteiger charge is 2.10. The minimum absolute atomic E-state index is 0.853. The number of rotatable bonds is 20. The van der Waals surface area contributed by atoms with Crippen molar-refractivity contribution in [2.24, 2.45) is 10.2 Å². The number of pyridine rings is 4. The molecule has 0 saturated heterocycles. The summed E-state index contributed by atoms with van der Waals surface area (Å²) in [7, 11) is 0. The largest absolute Gasteiger partial charge is 0.302 e. The van der Waals surface area contributed by atoms with E-state index < -0.39 is 0 Å². The molecule has 6 rings (SSSR count). The molecule has 0 aliphatic rings. The lowest BCUT2D eigenvalue weighted by molar-refractivity contribution is 0.282. The van der Waals surface area contributed by atoms with Crippen molar-refractivity contribution in [1.82, 2.24) is 29.7 Å². The average molecular weight is 689 g/mol. The summed E-state index contributed by atoms with van der Waals surface area (Å²) in [5, 5.41) is 9.06. The standard InChI is InChI=1S/C44H48N8/c1-5-27-45-39(9-1)23-33-51(34-24-40-10-2-6-28-46-40)31-21-37-13-17-43(18-14-37)49-50-44-19-15-38(16-20-44)22-32-52(35-25-41-11-3-7-29-47-41)36-26-42-12-4-8-30-48-42/h1-20,27-30H,21-26,31-36H2. The Labute approximate surface area is 308 Å². The molecule has 2 aromatic carbocycles. The molecule has 4 heterocycles. The Kier molecular flexibility index (Phi) is 14.3. The van der Waals surface area contributed by atoms with Crippen LogP contribution in [0.5, 0.6) is 0 Å². The van der Waals surface area contributed by atoms with Crippen molar-refractivity contribution in [3.8, 4) is 0 Å². The predicted octanol–water partition coefficient (Wildman–Crippen LogP) is 8.34. The van der Waals surface area contributed by atoms with E-state index in [1.54, 1.807) is 0 Å². The molecule has 0 amide bonds. The molecule has 0 radical (unpaired) electrons. The second kappa shape index (κ2) is 20.4. The van der Waals surface area contributed by atoms with E-state index in [2.05, 4.69) is 137 Å². The van der Waals surface area contributed by atoms with E-state index in [9.17, 15) is 0 Å². The van der Waals surface area contributed by atoms with Crippen LogP contribution in [0.4, 0.5) is 11.4 Å². The van der Waals surface area contributed by atoms with Gasteiger partial charge in [0, 0.05) is 113 Å². The summed E-state index contributed by atoms with van der Waals surface area (Å²) in [6.07, 6.45) is 13.1. The second-order valence-electron chi connectivity index (χ2n) is 13.0. The van der Waals surface area contributed by atoms with E-state index in [-0.39, 0.29) is 0 Å². The van der Waals surface area contributed by atoms with E-state index in [4.69, 9.17) is 0 Å². The topological polar surface area (TPSA) is 82.8 Å². The summed E-state index contributed by atoms with van der Waals surface area (Å²) in [4.78, 5) is 23.1. The molecule has 0 aliphatic carbocycles. The van der Waals surface area contributed by atoms with Gasteiger partial charge in [-0.2, -0.15) is 10.2 Å². The van der Waals surface area contributed by atoms with Gasteiger partial charge in [0.05, 0.1) is 11.4 Å². The van der Waals surface area contributed by atoms with Crippen LogP contribution in [0.15, 0.2) is 156 Å². The maximum Gasteiger partial charge on any atom is 0.0857 e. The fraction of sp³-hybridized carbons (Fsp3) is 0.273. The minimum Gasteiger partial charge on any atom is -0.302 e. The Morgan fingerprint density at radius 1 is 0.327 bits per heavy atom. The summed E-state index contributed by atoms with van der Waals surface area (Å²) in [6, 6.07) is 41.4. The number of azo groups is 1. The van der Waals surface area contributed by atoms with Gasteiger partial charge in [-0.3, -0.25) is 19.9 Å². The SMILES string of the molecule is c1ccc(CCN(CCc2ccc(N=Nc3ccc(CCN(CCc4ccccn4)CCc4ccccn4)cc3)cc2)CCc2ccccn2)nc1. The van der Waals surface area contributed by atoms with Crippen molar-refractivity contribution in [3.05, 3.63) is 180 Å². The normalized spacial score (nSPS) is 11.5. The summed E-state index contributed by atoms with van der Waals surface area (Å²) < 4.78 is 0. The third kappa shape index (κ3) is 12.7. The first-order valence-corrected chi connectivity index (χ1v) is 18.4. The molecule has 0 N–H and O–H groups in total. The van der Waals surface area contributed by atoms with E-state index in [1.165, 1.54) is 11.1 Å². The third-order valence-corrected chi connectivity index (χ3v) is 9.23. The van der Waals surface area contributed by atoms with Crippen LogP contribution in [-0.2, 0) is 38.5 Å². The van der Waals surface area contributed by atoms with Crippen molar-refractivity contribution in [1.29, 1.82) is 0 Å². The molecular weight excluding hydrogens is 641 g/mol. The van der Waals surface area contributed by atoms with Gasteiger partial charge >= 0.3 is 0 Å². The van der Waals surface area contributed by atoms with Gasteiger partial charge in [0.2, 0.25) is 0 Å². The molecule has 264 valence electrons. The first kappa shape index (κ1) is 36.4. The fourth-order valence-electron chi connectivity index (χ4n) is 6.09. The zero-order chi connectivity index (χ0) is 35.5. The molecule has 6 aromatic rings. The number of aromatic nitrogens is 4. The van der Waals surface area contributed by atoms with Crippen molar-refractivity contribution in [2.45, 2.75) is 38.5 Å². The summed E-state index contributed by atoms with van der Waals surface area (Å²) in [5.41, 5.74) is 8.79. The van der Waals surface area contributed by atoms with E-state index in [0.29, 0.717) is 0 Å². The number of nitrogens with zero attached hydrogens (tertiary/aromatic N) is 8. The zero-order valence-corrected chi connectivity index (χ0v) is 29.9. The van der Waals surface area contributed by atoms with E-state index in [1.807, 2.05) is 49.1 Å². The Morgan fingerprint density at radius 2 is 0.615 bits per heavy atom. The highest BCUT2D eigenvalue weighted by atomic mass is 15.1. The molecular formula is C44H48N8. The summed E-state index contributed by atoms with van der Waals surface area (Å²) in [5.74, 6) is 0. The molecule has 0 fully saturated rings. The summed E-state index contributed by atoms with van der Waals surface area (Å²) >= 11 is 0. The van der Waals surface area contributed by atoms with Crippen molar-refractivity contribution >= 4 is 11.4 Å². The van der Waals surface area contributed by atoms with Gasteiger partial charge in [0.1, 0.15) is 0 Å². The summed E-state index contributed by atoms with van der Waals surface area (Å²) in [6.45, 7) is 5.80. The maximum atomic E-state index is 4.53. The van der Waals surface area contributed by atoms with E-state index in [0.717, 1.165) is 112 Å². The second-order valence-corrected chi connectivity index (χ2v) is 13.0. The first-order valence-electron chi connectivity index (χ1n) is 18.4. The molecule has 0 unspecified atom stereocenters. The van der Waals surface area contributed by atoms with Gasteiger partial charge in [0.25, 0.3) is 0 Å². The van der Waals surface area contributed by atoms with Gasteiger partial charge < -0.3 is 9.80 Å². The Balaban J connectivity index is 0.977. The zero-order valence-electron chi connectivity index (χ0n) is 29.9. The van der Waals surface area contributed by atoms with Gasteiger partial charge in [-0.25, -0.2) is 0 Å². The average Bonchev–Trinajstić information content (AvgIpc) is 3.22. The smallest absolute Gasteiger partial charge is 0.0857 e. The lowest BCUT2D eigenvalue weighted by atomic mass is 10.1. The molecule has 8 nitrogen and oxygen atoms in total. The molecule has 8 heteroatoms. The van der Waals surface area contributed by atoms with Crippen LogP contribution in [0.2, 0.25) is 0 Å². The fourth-order valence-corrected chi connectivity index (χ4v) is 6.09.